The van der Waals surface area contributed by atoms with Gasteiger partial charge in [-0.3, -0.25) is 33.5 Å². The van der Waals surface area contributed by atoms with E-state index in [2.05, 4.69) is 189 Å². The molecule has 706 valence electrons. The molecule has 10 aromatic heterocycles. The minimum absolute atomic E-state index is 0. The lowest BCUT2D eigenvalue weighted by molar-refractivity contribution is 0.0194. The smallest absolute Gasteiger partial charge is 0.410 e. The van der Waals surface area contributed by atoms with Gasteiger partial charge in [0.1, 0.15) is 89.9 Å². The molecule has 31 nitrogen and oxygen atoms in total. The van der Waals surface area contributed by atoms with Gasteiger partial charge < -0.3 is 61.0 Å². The Bertz CT molecular complexity index is 5670. The molecule has 16 heterocycles. The number of carbonyl (C=O) groups is 3. The Balaban J connectivity index is 0.000000144. The first-order chi connectivity index (χ1) is 61.5. The molecule has 6 fully saturated rings. The summed E-state index contributed by atoms with van der Waals surface area (Å²) >= 11 is 18.5. The SMILES string of the molecule is C.C.CC(C)(C)OC(=O)N1CCC[C@H]1c1ncc(Br)n1COCC[Si](C)(C)C.CC(C)(C)OC(=O)N1CCC[C@H]1c1ncc(C=O)n1COCC[Si](C)(C)C.CN1CCC[C@H]1c1ncc(-c2nc3cc4sc(-c5cnc([C@@H]6CCCN6C)[nH]5)nc4cc3s2)[nH]1.Nc1cc(S)c(N)cc1S.c1nc([C@@H]2CCCN2)[nH]c1-c1nc2cc3sc(-c4cnc([C@@H]5CCCN5)[nH]4)nc3cc2s1. The van der Waals surface area contributed by atoms with Gasteiger partial charge >= 0.3 is 12.2 Å². The zero-order chi connectivity index (χ0) is 91.4. The molecule has 6 aliphatic rings. The van der Waals surface area contributed by atoms with Crippen LogP contribution >= 0.6 is 86.5 Å². The van der Waals surface area contributed by atoms with E-state index in [0.29, 0.717) is 83.3 Å². The summed E-state index contributed by atoms with van der Waals surface area (Å²) in [4.78, 5) is 107. The molecule has 6 aliphatic heterocycles. The molecule has 0 bridgehead atoms. The van der Waals surface area contributed by atoms with E-state index in [9.17, 15) is 14.4 Å². The first kappa shape index (κ1) is 100. The van der Waals surface area contributed by atoms with Gasteiger partial charge in [-0.25, -0.2) is 59.4 Å². The van der Waals surface area contributed by atoms with Gasteiger partial charge in [-0.15, -0.1) is 70.6 Å². The van der Waals surface area contributed by atoms with Crippen molar-refractivity contribution in [2.75, 3.05) is 78.0 Å². The number of hydrogen-bond donors (Lipinski definition) is 10. The summed E-state index contributed by atoms with van der Waals surface area (Å²) in [6.07, 6.45) is 24.1. The number of thiazole rings is 4. The Morgan fingerprint density at radius 3 is 1.17 bits per heavy atom. The summed E-state index contributed by atoms with van der Waals surface area (Å²) in [5, 5.41) is 10.9. The molecule has 0 unspecified atom stereocenters. The summed E-state index contributed by atoms with van der Waals surface area (Å²) in [6.45, 7) is 33.0. The van der Waals surface area contributed by atoms with Crippen molar-refractivity contribution in [2.45, 2.75) is 256 Å². The maximum Gasteiger partial charge on any atom is 0.410 e. The van der Waals surface area contributed by atoms with Crippen molar-refractivity contribution >= 4 is 173 Å². The standard InChI is InChI=1S/C24H26N8S2.C22H22N8S2.C19H33N3O4Si.C18H32BrN3O3Si.C6H8N2S2.2CH4/c1-31-7-3-5-17(31)21-25-11-15(27-21)23-29-13-9-20-14(10-19(13)33-23)30-24(34-20)16-12-26-22(28-16)18-6-4-8-32(18)2;1-3-11(23-5-1)19-25-9-15(27-19)21-29-13-7-18-14(8-17(13)31-21)30-22(32-18)16-10-26-20(28-16)12-4-2-6-24-12;1-19(2,3)26-18(24)21-9-7-8-16(21)17-20-12-15(13-23)22(17)14-25-10-11-27(4,5)6;1-18(2,3)25-17(23)21-9-7-8-14(21)16-20-12-15(19)22(16)13-24-10-11-26(4,5)6;7-3-1-5(9)4(8)2-6(3)10;;/h9-12,17-18H,3-8H2,1-2H3,(H,25,27)(H,26,28);7-12,23-24H,1-6H2,(H,25,27)(H,26,28);12-13,16H,7-11,14H2,1-6H3;12,14H,7-11,13H2,1-6H3;1-2,9-10H,7-8H2;2*1H4/t17-,18-;11-,12-;16-;14-;;;/m0000.../s1. The van der Waals surface area contributed by atoms with Gasteiger partial charge in [0, 0.05) is 63.6 Å². The summed E-state index contributed by atoms with van der Waals surface area (Å²) in [5.74, 6) is 5.65. The van der Waals surface area contributed by atoms with Crippen molar-refractivity contribution < 1.29 is 33.3 Å². The average Bonchev–Trinajstić information content (AvgIpc) is 1.62. The highest BCUT2D eigenvalue weighted by Gasteiger charge is 2.39. The van der Waals surface area contributed by atoms with E-state index in [-0.39, 0.29) is 45.9 Å². The minimum Gasteiger partial charge on any atom is -0.444 e. The minimum atomic E-state index is -1.18. The molecule has 131 heavy (non-hydrogen) atoms. The van der Waals surface area contributed by atoms with Gasteiger partial charge in [-0.2, -0.15) is 0 Å². The Labute approximate surface area is 804 Å². The number of nitrogen functional groups attached to an aromatic ring is 2. The second-order valence-corrected chi connectivity index (χ2v) is 55.4. The molecule has 6 atom stereocenters. The molecule has 0 saturated carbocycles. The normalized spacial score (nSPS) is 19.1. The number of thiol groups is 2. The number of anilines is 2. The van der Waals surface area contributed by atoms with Crippen LogP contribution in [-0.2, 0) is 32.4 Å². The van der Waals surface area contributed by atoms with Gasteiger partial charge in [0.05, 0.1) is 137 Å². The monoisotopic (exact) mass is 2000 g/mol. The second-order valence-electron chi connectivity index (χ2n) is 38.2. The molecule has 19 rings (SSSR count). The van der Waals surface area contributed by atoms with E-state index in [1.807, 2.05) is 70.9 Å². The largest absolute Gasteiger partial charge is 0.444 e. The molecule has 0 spiro atoms. The zero-order valence-electron chi connectivity index (χ0n) is 76.0. The van der Waals surface area contributed by atoms with Crippen molar-refractivity contribution in [3.63, 3.8) is 0 Å². The van der Waals surface area contributed by atoms with E-state index in [1.54, 1.807) is 84.2 Å². The van der Waals surface area contributed by atoms with E-state index in [0.717, 1.165) is 220 Å². The maximum atomic E-state index is 12.6. The summed E-state index contributed by atoms with van der Waals surface area (Å²) < 4.78 is 32.1. The van der Waals surface area contributed by atoms with Crippen LogP contribution in [0.15, 0.2) is 88.0 Å². The lowest BCUT2D eigenvalue weighted by Crippen LogP contribution is -2.37. The maximum absolute atomic E-state index is 12.6. The Hall–Kier alpha value is -8.34. The van der Waals surface area contributed by atoms with E-state index in [4.69, 9.17) is 50.4 Å². The molecular weight excluding hydrogens is 1870 g/mol. The lowest BCUT2D eigenvalue weighted by Gasteiger charge is -2.28. The molecule has 0 radical (unpaired) electrons. The zero-order valence-corrected chi connectivity index (χ0v) is 84.7. The number of halogens is 1. The Morgan fingerprint density at radius 2 is 0.824 bits per heavy atom. The van der Waals surface area contributed by atoms with Gasteiger partial charge in [-0.05, 0) is 223 Å². The van der Waals surface area contributed by atoms with Crippen molar-refractivity contribution in [2.24, 2.45) is 0 Å². The molecule has 13 aromatic rings. The van der Waals surface area contributed by atoms with Gasteiger partial charge in [-0.1, -0.05) is 54.1 Å². The van der Waals surface area contributed by atoms with Crippen LogP contribution < -0.4 is 22.1 Å². The van der Waals surface area contributed by atoms with Crippen molar-refractivity contribution in [3.8, 4) is 42.8 Å². The number of aromatic amines is 4. The van der Waals surface area contributed by atoms with Crippen LogP contribution in [0.25, 0.3) is 83.7 Å². The number of ether oxygens (including phenoxy) is 4. The molecular formula is C91H129BrN24O7S6Si2. The van der Waals surface area contributed by atoms with Crippen LogP contribution in [0.1, 0.15) is 215 Å². The molecule has 10 N–H and O–H groups in total. The number of aldehydes is 1. The van der Waals surface area contributed by atoms with Crippen LogP contribution in [-0.4, -0.2) is 211 Å². The number of H-pyrrole nitrogens is 4. The third-order valence-corrected chi connectivity index (χ3v) is 32.4. The molecule has 0 aliphatic carbocycles. The van der Waals surface area contributed by atoms with E-state index < -0.39 is 27.3 Å². The molecule has 2 amide bonds. The summed E-state index contributed by atoms with van der Waals surface area (Å²) in [5.41, 5.74) is 19.6. The van der Waals surface area contributed by atoms with Crippen molar-refractivity contribution in [3.05, 3.63) is 119 Å². The number of amides is 2. The highest BCUT2D eigenvalue weighted by Crippen LogP contribution is 2.43. The van der Waals surface area contributed by atoms with Gasteiger partial charge in [0.15, 0.2) is 6.29 Å². The van der Waals surface area contributed by atoms with Crippen molar-refractivity contribution in [1.29, 1.82) is 0 Å². The third kappa shape index (κ3) is 25.1. The van der Waals surface area contributed by atoms with Crippen LogP contribution in [0.4, 0.5) is 21.0 Å². The number of hydrogen-bond acceptors (Lipinski definition) is 29. The first-order valence-electron chi connectivity index (χ1n) is 44.5. The topological polar surface area (TPSA) is 379 Å². The van der Waals surface area contributed by atoms with Crippen molar-refractivity contribution in [1.82, 2.24) is 109 Å². The number of aromatic nitrogens is 16. The molecule has 6 saturated heterocycles. The number of carbonyl (C=O) groups excluding carboxylic acids is 3. The Kier molecular flexibility index (Phi) is 33.0. The first-order valence-corrected chi connectivity index (χ1v) is 56.8. The van der Waals surface area contributed by atoms with E-state index >= 15 is 0 Å². The summed E-state index contributed by atoms with van der Waals surface area (Å²) in [7, 11) is 2.05. The lowest BCUT2D eigenvalue weighted by atomic mass is 10.2. The number of rotatable bonds is 21. The number of fused-ring (bicyclic) bond motifs is 4. The van der Waals surface area contributed by atoms with Gasteiger partial charge in [0.2, 0.25) is 0 Å². The fourth-order valence-corrected chi connectivity index (χ4v) is 22.6. The number of likely N-dealkylation sites (tertiary alicyclic amines) is 4. The number of nitrogens with two attached hydrogens (primary N) is 2. The van der Waals surface area contributed by atoms with Gasteiger partial charge in [0.25, 0.3) is 0 Å². The average molecular weight is 2000 g/mol. The summed E-state index contributed by atoms with van der Waals surface area (Å²) in [6, 6.07) is 15.3. The fraction of sp³-hybridized carbons (Fsp3) is 0.527. The fourth-order valence-electron chi connectivity index (χ4n) is 16.5. The number of nitrogens with one attached hydrogen (secondary N) is 6. The highest BCUT2D eigenvalue weighted by atomic mass is 79.9. The predicted molar refractivity (Wildman–Crippen MR) is 544 cm³/mol. The second kappa shape index (κ2) is 43.1. The Morgan fingerprint density at radius 1 is 0.481 bits per heavy atom. The van der Waals surface area contributed by atoms with Crippen LogP contribution in [0.3, 0.4) is 0 Å². The van der Waals surface area contributed by atoms with Crippen LogP contribution in [0.5, 0.6) is 0 Å². The molecule has 40 heteroatoms. The van der Waals surface area contributed by atoms with E-state index in [1.165, 1.54) is 25.7 Å². The quantitative estimate of drug-likeness (QED) is 0.0105. The number of imidazole rings is 6. The number of benzene rings is 3. The van der Waals surface area contributed by atoms with Crippen LogP contribution in [0, 0.1) is 0 Å². The highest BCUT2D eigenvalue weighted by molar-refractivity contribution is 9.10. The van der Waals surface area contributed by atoms with Crippen LogP contribution in [0.2, 0.25) is 51.4 Å². The molecule has 3 aromatic carbocycles. The third-order valence-electron chi connectivity index (χ3n) is 23.4. The predicted octanol–water partition coefficient (Wildman–Crippen LogP) is 21.6. The number of nitrogens with zero attached hydrogens (tertiary/aromatic N) is 16.